The van der Waals surface area contributed by atoms with Crippen LogP contribution in [0.25, 0.3) is 0 Å². The van der Waals surface area contributed by atoms with Crippen molar-refractivity contribution in [2.24, 2.45) is 0 Å². The topological polar surface area (TPSA) is 29.5 Å². The number of hydrogen-bond donors (Lipinski definition) is 0. The van der Waals surface area contributed by atoms with Crippen molar-refractivity contribution in [3.63, 3.8) is 0 Å². The van der Waals surface area contributed by atoms with Gasteiger partial charge in [-0.3, -0.25) is 4.79 Å². The molecule has 0 heterocycles. The highest BCUT2D eigenvalue weighted by atomic mass is 79.9. The number of halogens is 2. The highest BCUT2D eigenvalue weighted by Gasteiger charge is 2.14. The fourth-order valence-corrected chi connectivity index (χ4v) is 1.99. The molecule has 0 fully saturated rings. The standard InChI is InChI=1S/C13H17BrClNO2/c1-10-3-4-12(14)11(9-10)13(17)16(2)6-8-18-7-5-15/h3-4,9H,5-8H2,1-2H3. The molecule has 1 aromatic rings. The van der Waals surface area contributed by atoms with Crippen LogP contribution < -0.4 is 0 Å². The first-order valence-electron chi connectivity index (χ1n) is 5.71. The van der Waals surface area contributed by atoms with Crippen LogP contribution in [0.15, 0.2) is 22.7 Å². The Morgan fingerprint density at radius 3 is 2.83 bits per heavy atom. The second kappa shape index (κ2) is 7.77. The van der Waals surface area contributed by atoms with Crippen LogP contribution in [0.5, 0.6) is 0 Å². The molecule has 0 aromatic heterocycles. The predicted octanol–water partition coefficient (Wildman–Crippen LogP) is 3.08. The summed E-state index contributed by atoms with van der Waals surface area (Å²) in [5.41, 5.74) is 1.74. The highest BCUT2D eigenvalue weighted by Crippen LogP contribution is 2.19. The number of ether oxygens (including phenoxy) is 1. The molecule has 0 aliphatic carbocycles. The van der Waals surface area contributed by atoms with Crippen molar-refractivity contribution in [1.29, 1.82) is 0 Å². The van der Waals surface area contributed by atoms with E-state index in [4.69, 9.17) is 16.3 Å². The summed E-state index contributed by atoms with van der Waals surface area (Å²) in [4.78, 5) is 13.8. The summed E-state index contributed by atoms with van der Waals surface area (Å²) in [6, 6.07) is 5.73. The third-order valence-electron chi connectivity index (χ3n) is 2.49. The predicted molar refractivity (Wildman–Crippen MR) is 77.4 cm³/mol. The zero-order chi connectivity index (χ0) is 13.5. The van der Waals surface area contributed by atoms with E-state index < -0.39 is 0 Å². The molecule has 18 heavy (non-hydrogen) atoms. The lowest BCUT2D eigenvalue weighted by molar-refractivity contribution is 0.0711. The van der Waals surface area contributed by atoms with E-state index in [0.717, 1.165) is 10.0 Å². The van der Waals surface area contributed by atoms with Gasteiger partial charge in [-0.1, -0.05) is 11.6 Å². The van der Waals surface area contributed by atoms with Crippen LogP contribution in [0.4, 0.5) is 0 Å². The van der Waals surface area contributed by atoms with Gasteiger partial charge in [-0.2, -0.15) is 0 Å². The number of likely N-dealkylation sites (N-methyl/N-ethyl adjacent to an activating group) is 1. The fourth-order valence-electron chi connectivity index (χ4n) is 1.47. The van der Waals surface area contributed by atoms with Gasteiger partial charge in [0.2, 0.25) is 0 Å². The number of carbonyl (C=O) groups is 1. The van der Waals surface area contributed by atoms with E-state index >= 15 is 0 Å². The zero-order valence-electron chi connectivity index (χ0n) is 10.6. The van der Waals surface area contributed by atoms with Crippen LogP contribution in [0.2, 0.25) is 0 Å². The minimum atomic E-state index is -0.0138. The second-order valence-electron chi connectivity index (χ2n) is 4.01. The number of hydrogen-bond acceptors (Lipinski definition) is 2. The molecule has 0 atom stereocenters. The van der Waals surface area contributed by atoms with Crippen molar-refractivity contribution >= 4 is 33.4 Å². The quantitative estimate of drug-likeness (QED) is 0.591. The number of carbonyl (C=O) groups excluding carboxylic acids is 1. The first-order valence-corrected chi connectivity index (χ1v) is 7.04. The lowest BCUT2D eigenvalue weighted by atomic mass is 10.1. The van der Waals surface area contributed by atoms with E-state index in [-0.39, 0.29) is 5.91 Å². The summed E-state index contributed by atoms with van der Waals surface area (Å²) in [7, 11) is 1.77. The van der Waals surface area contributed by atoms with Crippen molar-refractivity contribution in [1.82, 2.24) is 4.90 Å². The van der Waals surface area contributed by atoms with E-state index in [9.17, 15) is 4.79 Å². The average Bonchev–Trinajstić information content (AvgIpc) is 2.36. The lowest BCUT2D eigenvalue weighted by Crippen LogP contribution is -2.30. The molecule has 0 saturated carbocycles. The Morgan fingerprint density at radius 1 is 1.44 bits per heavy atom. The Balaban J connectivity index is 2.60. The Labute approximate surface area is 121 Å². The van der Waals surface area contributed by atoms with E-state index in [0.29, 0.717) is 31.2 Å². The summed E-state index contributed by atoms with van der Waals surface area (Å²) in [5.74, 6) is 0.459. The summed E-state index contributed by atoms with van der Waals surface area (Å²) >= 11 is 8.90. The normalized spacial score (nSPS) is 10.4. The summed E-state index contributed by atoms with van der Waals surface area (Å²) in [6.07, 6.45) is 0. The van der Waals surface area contributed by atoms with Crippen LogP contribution in [0.1, 0.15) is 15.9 Å². The monoisotopic (exact) mass is 333 g/mol. The van der Waals surface area contributed by atoms with Gasteiger partial charge in [0.1, 0.15) is 0 Å². The molecular formula is C13H17BrClNO2. The van der Waals surface area contributed by atoms with Gasteiger partial charge in [0, 0.05) is 23.9 Å². The van der Waals surface area contributed by atoms with Crippen LogP contribution in [0, 0.1) is 6.92 Å². The third-order valence-corrected chi connectivity index (χ3v) is 3.34. The Kier molecular flexibility index (Phi) is 6.68. The van der Waals surface area contributed by atoms with Crippen LogP contribution in [0.3, 0.4) is 0 Å². The summed E-state index contributed by atoms with van der Waals surface area (Å²) in [6.45, 7) is 3.53. The van der Waals surface area contributed by atoms with Gasteiger partial charge < -0.3 is 9.64 Å². The van der Waals surface area contributed by atoms with Crippen molar-refractivity contribution in [2.45, 2.75) is 6.92 Å². The van der Waals surface area contributed by atoms with E-state index in [1.54, 1.807) is 11.9 Å². The molecule has 1 rings (SSSR count). The second-order valence-corrected chi connectivity index (χ2v) is 5.24. The number of amides is 1. The number of aryl methyl sites for hydroxylation is 1. The molecule has 5 heteroatoms. The van der Waals surface area contributed by atoms with Gasteiger partial charge in [0.25, 0.3) is 5.91 Å². The molecule has 100 valence electrons. The van der Waals surface area contributed by atoms with Crippen molar-refractivity contribution in [3.05, 3.63) is 33.8 Å². The molecular weight excluding hydrogens is 318 g/mol. The number of alkyl halides is 1. The number of rotatable bonds is 6. The van der Waals surface area contributed by atoms with Gasteiger partial charge in [-0.25, -0.2) is 0 Å². The molecule has 0 saturated heterocycles. The van der Waals surface area contributed by atoms with Gasteiger partial charge in [-0.05, 0) is 35.0 Å². The third kappa shape index (κ3) is 4.59. The molecule has 1 amide bonds. The van der Waals surface area contributed by atoms with Crippen LogP contribution in [-0.2, 0) is 4.74 Å². The van der Waals surface area contributed by atoms with Crippen LogP contribution >= 0.6 is 27.5 Å². The molecule has 0 unspecified atom stereocenters. The molecule has 0 bridgehead atoms. The Hall–Kier alpha value is -0.580. The van der Waals surface area contributed by atoms with Crippen molar-refractivity contribution in [3.8, 4) is 0 Å². The van der Waals surface area contributed by atoms with E-state index in [1.807, 2.05) is 25.1 Å². The SMILES string of the molecule is Cc1ccc(Br)c(C(=O)N(C)CCOCCCl)c1. The van der Waals surface area contributed by atoms with E-state index in [2.05, 4.69) is 15.9 Å². The highest BCUT2D eigenvalue weighted by molar-refractivity contribution is 9.10. The summed E-state index contributed by atoms with van der Waals surface area (Å²) in [5, 5.41) is 0. The smallest absolute Gasteiger partial charge is 0.254 e. The molecule has 0 radical (unpaired) electrons. The number of nitrogens with zero attached hydrogens (tertiary/aromatic N) is 1. The summed E-state index contributed by atoms with van der Waals surface area (Å²) < 4.78 is 6.07. The van der Waals surface area contributed by atoms with Crippen molar-refractivity contribution in [2.75, 3.05) is 32.7 Å². The Morgan fingerprint density at radius 2 is 2.17 bits per heavy atom. The first-order chi connectivity index (χ1) is 8.56. The lowest BCUT2D eigenvalue weighted by Gasteiger charge is -2.18. The maximum absolute atomic E-state index is 12.2. The van der Waals surface area contributed by atoms with Gasteiger partial charge in [0.05, 0.1) is 18.8 Å². The van der Waals surface area contributed by atoms with Crippen molar-refractivity contribution < 1.29 is 9.53 Å². The molecule has 0 aliphatic heterocycles. The molecule has 0 spiro atoms. The molecule has 0 aliphatic rings. The molecule has 0 N–H and O–H groups in total. The van der Waals surface area contributed by atoms with Gasteiger partial charge in [-0.15, -0.1) is 11.6 Å². The average molecular weight is 335 g/mol. The maximum atomic E-state index is 12.2. The molecule has 1 aromatic carbocycles. The first kappa shape index (κ1) is 15.5. The fraction of sp³-hybridized carbons (Fsp3) is 0.462. The van der Waals surface area contributed by atoms with Gasteiger partial charge in [0.15, 0.2) is 0 Å². The largest absolute Gasteiger partial charge is 0.378 e. The minimum Gasteiger partial charge on any atom is -0.378 e. The minimum absolute atomic E-state index is 0.0138. The van der Waals surface area contributed by atoms with E-state index in [1.165, 1.54) is 0 Å². The van der Waals surface area contributed by atoms with Crippen LogP contribution in [-0.4, -0.2) is 43.5 Å². The maximum Gasteiger partial charge on any atom is 0.254 e. The zero-order valence-corrected chi connectivity index (χ0v) is 12.9. The number of benzene rings is 1. The Bertz CT molecular complexity index is 412. The molecule has 3 nitrogen and oxygen atoms in total. The van der Waals surface area contributed by atoms with Gasteiger partial charge >= 0.3 is 0 Å².